The van der Waals surface area contributed by atoms with E-state index in [9.17, 15) is 14.4 Å². The minimum absolute atomic E-state index is 0.0172. The fraction of sp³-hybridized carbons (Fsp3) is 0.160. The molecule has 1 aromatic heterocycles. The van der Waals surface area contributed by atoms with E-state index in [1.54, 1.807) is 12.1 Å². The molecule has 9 nitrogen and oxygen atoms in total. The van der Waals surface area contributed by atoms with Crippen molar-refractivity contribution in [1.29, 1.82) is 0 Å². The maximum absolute atomic E-state index is 13.0. The van der Waals surface area contributed by atoms with Crippen molar-refractivity contribution in [3.8, 4) is 11.5 Å². The van der Waals surface area contributed by atoms with E-state index in [0.29, 0.717) is 22.1 Å². The van der Waals surface area contributed by atoms with E-state index in [2.05, 4.69) is 10.1 Å². The van der Waals surface area contributed by atoms with Gasteiger partial charge in [-0.1, -0.05) is 41.9 Å². The lowest BCUT2D eigenvalue weighted by molar-refractivity contribution is -0.123. The summed E-state index contributed by atoms with van der Waals surface area (Å²) >= 11 is 6.25. The molecule has 180 valence electrons. The quantitative estimate of drug-likeness (QED) is 0.280. The van der Waals surface area contributed by atoms with Crippen LogP contribution in [-0.4, -0.2) is 37.0 Å². The maximum atomic E-state index is 13.0. The van der Waals surface area contributed by atoms with Crippen LogP contribution in [0.4, 0.5) is 4.79 Å². The fourth-order valence-electron chi connectivity index (χ4n) is 3.43. The Morgan fingerprint density at radius 3 is 2.60 bits per heavy atom. The van der Waals surface area contributed by atoms with Crippen LogP contribution in [0.2, 0.25) is 5.02 Å². The molecule has 1 aliphatic rings. The molecular formula is C25H21ClN2O7. The molecule has 0 radical (unpaired) electrons. The molecule has 1 saturated heterocycles. The number of furan rings is 1. The van der Waals surface area contributed by atoms with Crippen molar-refractivity contribution in [2.24, 2.45) is 0 Å². The number of halogens is 1. The number of carbonyl (C=O) groups excluding carboxylic acids is 3. The number of carbonyl (C=O) groups is 3. The third kappa shape index (κ3) is 5.30. The lowest BCUT2D eigenvalue weighted by atomic mass is 10.1. The number of nitrogens with one attached hydrogen (secondary N) is 1. The molecule has 1 fully saturated rings. The fourth-order valence-corrected chi connectivity index (χ4v) is 3.65. The van der Waals surface area contributed by atoms with Gasteiger partial charge in [0, 0.05) is 16.7 Å². The van der Waals surface area contributed by atoms with Gasteiger partial charge in [0.15, 0.2) is 11.5 Å². The monoisotopic (exact) mass is 496 g/mol. The number of nitrogens with zero attached hydrogens (tertiary/aromatic N) is 1. The molecule has 0 unspecified atom stereocenters. The Hall–Kier alpha value is -4.24. The number of hydrogen-bond acceptors (Lipinski definition) is 7. The summed E-state index contributed by atoms with van der Waals surface area (Å²) in [5.74, 6) is -0.295. The molecule has 0 saturated carbocycles. The van der Waals surface area contributed by atoms with Crippen LogP contribution in [0.25, 0.3) is 6.08 Å². The van der Waals surface area contributed by atoms with Gasteiger partial charge in [0.05, 0.1) is 20.8 Å². The van der Waals surface area contributed by atoms with Crippen LogP contribution in [0.3, 0.4) is 0 Å². The lowest BCUT2D eigenvalue weighted by Gasteiger charge is -2.14. The molecule has 10 heteroatoms. The molecule has 0 aliphatic carbocycles. The van der Waals surface area contributed by atoms with Crippen molar-refractivity contribution in [3.05, 3.63) is 88.0 Å². The smallest absolute Gasteiger partial charge is 0.373 e. The van der Waals surface area contributed by atoms with Crippen LogP contribution in [-0.2, 0) is 22.7 Å². The molecular weight excluding hydrogens is 476 g/mol. The average Bonchev–Trinajstić information content (AvgIpc) is 3.43. The van der Waals surface area contributed by atoms with Crippen LogP contribution in [0.1, 0.15) is 27.4 Å². The van der Waals surface area contributed by atoms with E-state index < -0.39 is 17.9 Å². The van der Waals surface area contributed by atoms with Gasteiger partial charge in [-0.3, -0.25) is 9.69 Å². The minimum Gasteiger partial charge on any atom is -0.493 e. The second-order valence-electron chi connectivity index (χ2n) is 7.44. The average molecular weight is 497 g/mol. The third-order valence-electron chi connectivity index (χ3n) is 5.12. The van der Waals surface area contributed by atoms with E-state index in [1.165, 1.54) is 32.4 Å². The van der Waals surface area contributed by atoms with Crippen LogP contribution in [0, 0.1) is 0 Å². The van der Waals surface area contributed by atoms with Gasteiger partial charge in [0.2, 0.25) is 5.76 Å². The molecule has 3 amide bonds. The molecule has 4 rings (SSSR count). The van der Waals surface area contributed by atoms with Crippen molar-refractivity contribution in [2.45, 2.75) is 13.2 Å². The first-order chi connectivity index (χ1) is 16.9. The molecule has 0 spiro atoms. The Morgan fingerprint density at radius 1 is 1.11 bits per heavy atom. The molecule has 2 aromatic carbocycles. The van der Waals surface area contributed by atoms with E-state index in [0.717, 1.165) is 10.5 Å². The number of benzene rings is 2. The molecule has 1 N–H and O–H groups in total. The number of ether oxygens (including phenoxy) is 3. The van der Waals surface area contributed by atoms with Crippen LogP contribution < -0.4 is 14.8 Å². The molecule has 35 heavy (non-hydrogen) atoms. The summed E-state index contributed by atoms with van der Waals surface area (Å²) in [4.78, 5) is 38.0. The Labute approximate surface area is 205 Å². The van der Waals surface area contributed by atoms with Gasteiger partial charge in [-0.05, 0) is 29.8 Å². The predicted molar refractivity (Wildman–Crippen MR) is 126 cm³/mol. The zero-order valence-corrected chi connectivity index (χ0v) is 19.6. The highest BCUT2D eigenvalue weighted by Crippen LogP contribution is 2.37. The number of urea groups is 1. The summed E-state index contributed by atoms with van der Waals surface area (Å²) in [6, 6.07) is 15.0. The van der Waals surface area contributed by atoms with Crippen molar-refractivity contribution in [1.82, 2.24) is 10.2 Å². The second-order valence-corrected chi connectivity index (χ2v) is 7.87. The third-order valence-corrected chi connectivity index (χ3v) is 5.34. The van der Waals surface area contributed by atoms with Gasteiger partial charge in [-0.15, -0.1) is 0 Å². The lowest BCUT2D eigenvalue weighted by Crippen LogP contribution is -2.30. The molecule has 3 aromatic rings. The van der Waals surface area contributed by atoms with Crippen molar-refractivity contribution < 1.29 is 33.0 Å². The molecule has 0 atom stereocenters. The summed E-state index contributed by atoms with van der Waals surface area (Å²) in [5, 5.41) is 2.91. The van der Waals surface area contributed by atoms with Crippen molar-refractivity contribution in [2.75, 3.05) is 14.2 Å². The summed E-state index contributed by atoms with van der Waals surface area (Å²) in [7, 11) is 2.70. The standard InChI is InChI=1S/C25H21ClN2O7/c1-32-21-12-17(26)10-16(22(21)34-14-15-6-4-3-5-7-15)11-19-23(29)28(25(31)27-19)13-18-8-9-20(35-18)24(30)33-2/h3-12H,13-14H2,1-2H3,(H,27,31)/b19-11-. The number of rotatable bonds is 8. The van der Waals surface area contributed by atoms with Gasteiger partial charge in [-0.2, -0.15) is 0 Å². The molecule has 0 bridgehead atoms. The van der Waals surface area contributed by atoms with Crippen molar-refractivity contribution in [3.63, 3.8) is 0 Å². The van der Waals surface area contributed by atoms with Crippen LogP contribution >= 0.6 is 11.6 Å². The number of methoxy groups -OCH3 is 2. The number of esters is 1. The zero-order chi connectivity index (χ0) is 24.9. The highest BCUT2D eigenvalue weighted by Gasteiger charge is 2.34. The predicted octanol–water partition coefficient (Wildman–Crippen LogP) is 4.40. The number of imide groups is 1. The minimum atomic E-state index is -0.660. The molecule has 1 aliphatic heterocycles. The summed E-state index contributed by atoms with van der Waals surface area (Å²) in [6.45, 7) is 0.0810. The van der Waals surface area contributed by atoms with E-state index in [1.807, 2.05) is 30.3 Å². The highest BCUT2D eigenvalue weighted by atomic mass is 35.5. The first-order valence-corrected chi connectivity index (χ1v) is 10.8. The normalized spacial score (nSPS) is 14.3. The Balaban J connectivity index is 1.59. The number of amides is 3. The summed E-state index contributed by atoms with van der Waals surface area (Å²) in [6.07, 6.45) is 1.47. The first kappa shape index (κ1) is 23.9. The highest BCUT2D eigenvalue weighted by molar-refractivity contribution is 6.31. The topological polar surface area (TPSA) is 107 Å². The Kier molecular flexibility index (Phi) is 7.07. The maximum Gasteiger partial charge on any atom is 0.373 e. The number of hydrogen-bond donors (Lipinski definition) is 1. The SMILES string of the molecule is COC(=O)c1ccc(CN2C(=O)N/C(=C\c3cc(Cl)cc(OC)c3OCc3ccccc3)C2=O)o1. The van der Waals surface area contributed by atoms with E-state index >= 15 is 0 Å². The Bertz CT molecular complexity index is 1300. The largest absolute Gasteiger partial charge is 0.493 e. The molecule has 2 heterocycles. The van der Waals surface area contributed by atoms with E-state index in [-0.39, 0.29) is 30.4 Å². The zero-order valence-electron chi connectivity index (χ0n) is 18.9. The second kappa shape index (κ2) is 10.4. The Morgan fingerprint density at radius 2 is 1.89 bits per heavy atom. The van der Waals surface area contributed by atoms with E-state index in [4.69, 9.17) is 25.5 Å². The van der Waals surface area contributed by atoms with Gasteiger partial charge in [0.25, 0.3) is 5.91 Å². The summed E-state index contributed by atoms with van der Waals surface area (Å²) < 4.78 is 21.4. The van der Waals surface area contributed by atoms with Gasteiger partial charge >= 0.3 is 12.0 Å². The van der Waals surface area contributed by atoms with Crippen molar-refractivity contribution >= 4 is 35.6 Å². The van der Waals surface area contributed by atoms with Crippen LogP contribution in [0.15, 0.2) is 64.7 Å². The first-order valence-electron chi connectivity index (χ1n) is 10.5. The van der Waals surface area contributed by atoms with Gasteiger partial charge in [-0.25, -0.2) is 9.59 Å². The van der Waals surface area contributed by atoms with Gasteiger partial charge < -0.3 is 23.9 Å². The van der Waals surface area contributed by atoms with Crippen LogP contribution in [0.5, 0.6) is 11.5 Å². The summed E-state index contributed by atoms with van der Waals surface area (Å²) in [5.41, 5.74) is 1.40. The van der Waals surface area contributed by atoms with Gasteiger partial charge in [0.1, 0.15) is 18.1 Å².